The summed E-state index contributed by atoms with van der Waals surface area (Å²) in [5.41, 5.74) is 1.10. The molecule has 174 valence electrons. The van der Waals surface area contributed by atoms with Gasteiger partial charge in [-0.05, 0) is 68.3 Å². The highest BCUT2D eigenvalue weighted by Gasteiger charge is 2.35. The average molecular weight is 432 g/mol. The van der Waals surface area contributed by atoms with Crippen LogP contribution >= 0.6 is 0 Å². The van der Waals surface area contributed by atoms with Crippen LogP contribution in [-0.2, 0) is 4.74 Å². The van der Waals surface area contributed by atoms with E-state index in [1.807, 2.05) is 29.2 Å². The molecule has 2 heterocycles. The van der Waals surface area contributed by atoms with Crippen LogP contribution in [0.25, 0.3) is 0 Å². The molecule has 0 unspecified atom stereocenters. The molecule has 2 saturated heterocycles. The number of nitrogens with zero attached hydrogens (tertiary/aromatic N) is 2. The van der Waals surface area contributed by atoms with Crippen molar-refractivity contribution in [1.82, 2.24) is 15.1 Å². The van der Waals surface area contributed by atoms with E-state index in [2.05, 4.69) is 24.1 Å². The molecule has 1 aromatic rings. The lowest BCUT2D eigenvalue weighted by atomic mass is 9.83. The third-order valence-electron chi connectivity index (χ3n) is 6.96. The molecule has 3 atom stereocenters. The Bertz CT molecular complexity index is 677. The van der Waals surface area contributed by atoms with Crippen molar-refractivity contribution in [1.29, 1.82) is 0 Å². The molecule has 1 aromatic carbocycles. The first-order valence-corrected chi connectivity index (χ1v) is 12.0. The van der Waals surface area contributed by atoms with Gasteiger partial charge in [0.15, 0.2) is 0 Å². The highest BCUT2D eigenvalue weighted by Crippen LogP contribution is 2.32. The van der Waals surface area contributed by atoms with Gasteiger partial charge in [0, 0.05) is 26.2 Å². The lowest BCUT2D eigenvalue weighted by Gasteiger charge is -2.45. The molecule has 2 aliphatic rings. The van der Waals surface area contributed by atoms with E-state index < -0.39 is 0 Å². The summed E-state index contributed by atoms with van der Waals surface area (Å²) in [6.07, 6.45) is 6.35. The molecule has 0 radical (unpaired) electrons. The van der Waals surface area contributed by atoms with Crippen molar-refractivity contribution in [3.8, 4) is 5.75 Å². The van der Waals surface area contributed by atoms with Crippen LogP contribution in [0.4, 0.5) is 4.79 Å². The summed E-state index contributed by atoms with van der Waals surface area (Å²) < 4.78 is 10.6. The summed E-state index contributed by atoms with van der Waals surface area (Å²) in [5.74, 6) is 1.66. The highest BCUT2D eigenvalue weighted by atomic mass is 16.5. The average Bonchev–Trinajstić information content (AvgIpc) is 2.80. The van der Waals surface area contributed by atoms with Crippen molar-refractivity contribution >= 4 is 6.03 Å². The van der Waals surface area contributed by atoms with Gasteiger partial charge in [0.05, 0.1) is 19.8 Å². The first-order chi connectivity index (χ1) is 15.0. The second-order valence-corrected chi connectivity index (χ2v) is 9.38. The van der Waals surface area contributed by atoms with E-state index in [1.165, 1.54) is 45.2 Å². The number of carbonyl (C=O) groups is 1. The van der Waals surface area contributed by atoms with E-state index >= 15 is 0 Å². The molecule has 2 amide bonds. The molecule has 6 nitrogen and oxygen atoms in total. The Hall–Kier alpha value is -1.79. The molecule has 31 heavy (non-hydrogen) atoms. The van der Waals surface area contributed by atoms with Gasteiger partial charge >= 0.3 is 6.03 Å². The second-order valence-electron chi connectivity index (χ2n) is 9.38. The van der Waals surface area contributed by atoms with E-state index in [0.29, 0.717) is 25.1 Å². The predicted octanol–water partition coefficient (Wildman–Crippen LogP) is 4.31. The number of urea groups is 1. The fourth-order valence-corrected chi connectivity index (χ4v) is 5.22. The van der Waals surface area contributed by atoms with Gasteiger partial charge < -0.3 is 24.6 Å². The van der Waals surface area contributed by atoms with Gasteiger partial charge in [-0.3, -0.25) is 0 Å². The van der Waals surface area contributed by atoms with E-state index in [4.69, 9.17) is 9.47 Å². The number of hydrogen-bond acceptors (Lipinski definition) is 4. The molecule has 6 heteroatoms. The van der Waals surface area contributed by atoms with E-state index in [-0.39, 0.29) is 18.0 Å². The van der Waals surface area contributed by atoms with Crippen molar-refractivity contribution in [2.75, 3.05) is 47.0 Å². The largest absolute Gasteiger partial charge is 0.497 e. The van der Waals surface area contributed by atoms with Crippen LogP contribution in [-0.4, -0.2) is 68.9 Å². The normalized spacial score (nSPS) is 22.6. The zero-order chi connectivity index (χ0) is 22.2. The smallest absolute Gasteiger partial charge is 0.317 e. The van der Waals surface area contributed by atoms with E-state index in [0.717, 1.165) is 17.9 Å². The van der Waals surface area contributed by atoms with Gasteiger partial charge in [-0.15, -0.1) is 0 Å². The minimum absolute atomic E-state index is 0.0134. The van der Waals surface area contributed by atoms with Gasteiger partial charge in [0.1, 0.15) is 5.75 Å². The summed E-state index contributed by atoms with van der Waals surface area (Å²) in [6, 6.07) is 8.61. The van der Waals surface area contributed by atoms with Gasteiger partial charge in [-0.2, -0.15) is 0 Å². The maximum Gasteiger partial charge on any atom is 0.317 e. The number of ether oxygens (including phenoxy) is 2. The monoisotopic (exact) mass is 431 g/mol. The Labute approximate surface area is 188 Å². The van der Waals surface area contributed by atoms with E-state index in [1.54, 1.807) is 14.2 Å². The topological polar surface area (TPSA) is 54.0 Å². The van der Waals surface area contributed by atoms with Gasteiger partial charge in [0.25, 0.3) is 0 Å². The minimum Gasteiger partial charge on any atom is -0.497 e. The molecule has 0 aromatic heterocycles. The van der Waals surface area contributed by atoms with Crippen LogP contribution in [0.2, 0.25) is 0 Å². The molecule has 2 aliphatic heterocycles. The van der Waals surface area contributed by atoms with Crippen molar-refractivity contribution in [2.45, 2.75) is 58.0 Å². The summed E-state index contributed by atoms with van der Waals surface area (Å²) in [4.78, 5) is 18.1. The van der Waals surface area contributed by atoms with Crippen LogP contribution < -0.4 is 10.1 Å². The first-order valence-electron chi connectivity index (χ1n) is 12.0. The van der Waals surface area contributed by atoms with Crippen molar-refractivity contribution in [3.63, 3.8) is 0 Å². The number of nitrogens with one attached hydrogen (secondary N) is 1. The fourth-order valence-electron chi connectivity index (χ4n) is 5.22. The number of benzene rings is 1. The third-order valence-corrected chi connectivity index (χ3v) is 6.96. The fraction of sp³-hybridized carbons (Fsp3) is 0.720. The number of amides is 2. The van der Waals surface area contributed by atoms with Crippen LogP contribution in [0.5, 0.6) is 5.75 Å². The van der Waals surface area contributed by atoms with Crippen LogP contribution in [0.1, 0.15) is 57.6 Å². The Kier molecular flexibility index (Phi) is 9.02. The number of hydrogen-bond donors (Lipinski definition) is 1. The summed E-state index contributed by atoms with van der Waals surface area (Å²) >= 11 is 0. The van der Waals surface area contributed by atoms with Crippen molar-refractivity contribution < 1.29 is 14.3 Å². The molecule has 0 bridgehead atoms. The van der Waals surface area contributed by atoms with Crippen LogP contribution in [0.15, 0.2) is 24.3 Å². The Morgan fingerprint density at radius 3 is 2.55 bits per heavy atom. The summed E-state index contributed by atoms with van der Waals surface area (Å²) in [6.45, 7) is 8.73. The Morgan fingerprint density at radius 1 is 1.13 bits per heavy atom. The van der Waals surface area contributed by atoms with Gasteiger partial charge in [-0.25, -0.2) is 4.79 Å². The molecule has 1 N–H and O–H groups in total. The quantitative estimate of drug-likeness (QED) is 0.633. The standard InChI is InChI=1S/C25H41N3O3/c1-19(2)24(20-10-12-22(31-4)13-11-20)26-25(29)28(16-17-30-3)18-21-8-7-15-27-14-6-5-9-23(21)27/h10-13,19,21,23-24H,5-9,14-18H2,1-4H3,(H,26,29)/t21-,23+,24-/m0/s1. The Morgan fingerprint density at radius 2 is 1.87 bits per heavy atom. The SMILES string of the molecule is COCCN(C[C@@H]1CCCN2CCCC[C@H]12)C(=O)N[C@H](c1ccc(OC)cc1)C(C)C. The molecular formula is C25H41N3O3. The third kappa shape index (κ3) is 6.36. The second kappa shape index (κ2) is 11.7. The zero-order valence-electron chi connectivity index (χ0n) is 19.8. The zero-order valence-corrected chi connectivity index (χ0v) is 19.8. The molecule has 0 spiro atoms. The number of piperidine rings is 2. The van der Waals surface area contributed by atoms with Gasteiger partial charge in [0.2, 0.25) is 0 Å². The van der Waals surface area contributed by atoms with Crippen LogP contribution in [0, 0.1) is 11.8 Å². The first kappa shape index (κ1) is 23.9. The molecule has 2 fully saturated rings. The van der Waals surface area contributed by atoms with Crippen LogP contribution in [0.3, 0.4) is 0 Å². The Balaban J connectivity index is 1.69. The number of carbonyl (C=O) groups excluding carboxylic acids is 1. The highest BCUT2D eigenvalue weighted by molar-refractivity contribution is 5.74. The molecule has 0 aliphatic carbocycles. The summed E-state index contributed by atoms with van der Waals surface area (Å²) in [5, 5.41) is 3.32. The van der Waals surface area contributed by atoms with Crippen molar-refractivity contribution in [3.05, 3.63) is 29.8 Å². The molecule has 0 saturated carbocycles. The number of fused-ring (bicyclic) bond motifs is 1. The lowest BCUT2D eigenvalue weighted by molar-refractivity contribution is 0.0417. The maximum absolute atomic E-state index is 13.4. The van der Waals surface area contributed by atoms with Gasteiger partial charge in [-0.1, -0.05) is 32.4 Å². The summed E-state index contributed by atoms with van der Waals surface area (Å²) in [7, 11) is 3.37. The predicted molar refractivity (Wildman–Crippen MR) is 124 cm³/mol. The van der Waals surface area contributed by atoms with E-state index in [9.17, 15) is 4.79 Å². The van der Waals surface area contributed by atoms with Crippen molar-refractivity contribution in [2.24, 2.45) is 11.8 Å². The minimum atomic E-state index is -0.0408. The molecular weight excluding hydrogens is 390 g/mol. The number of rotatable bonds is 9. The molecule has 3 rings (SSSR count). The number of methoxy groups -OCH3 is 2. The lowest BCUT2D eigenvalue weighted by Crippen LogP contribution is -2.53. The maximum atomic E-state index is 13.4.